The van der Waals surface area contributed by atoms with Crippen LogP contribution in [0, 0.1) is 0 Å². The molecule has 0 aliphatic carbocycles. The largest absolute Gasteiger partial charge is 0.478 e. The number of nitrogens with zero attached hydrogens (tertiary/aromatic N) is 5. The van der Waals surface area contributed by atoms with Gasteiger partial charge in [-0.2, -0.15) is 4.57 Å². The van der Waals surface area contributed by atoms with Crippen molar-refractivity contribution in [3.05, 3.63) is 51.9 Å². The molecule has 5 heterocycles. The molecule has 18 heteroatoms. The van der Waals surface area contributed by atoms with Crippen LogP contribution in [0.5, 0.6) is 0 Å². The lowest BCUT2D eigenvalue weighted by Gasteiger charge is -2.49. The van der Waals surface area contributed by atoms with Gasteiger partial charge in [0, 0.05) is 42.7 Å². The number of rotatable bonds is 12. The number of thiazole rings is 1. The van der Waals surface area contributed by atoms with E-state index in [1.165, 1.54) is 30.5 Å². The summed E-state index contributed by atoms with van der Waals surface area (Å²) in [6.45, 7) is 4.25. The second-order valence-corrected chi connectivity index (χ2v) is 13.4. The Hall–Kier alpha value is -4.19. The summed E-state index contributed by atoms with van der Waals surface area (Å²) in [5.74, 6) is -3.88. The molecule has 2 unspecified atom stereocenters. The number of nitrogens with one attached hydrogen (secondary N) is 2. The maximum atomic E-state index is 13.4. The summed E-state index contributed by atoms with van der Waals surface area (Å²) < 4.78 is 4.04. The maximum Gasteiger partial charge on any atom is 0.352 e. The normalized spacial score (nSPS) is 18.5. The van der Waals surface area contributed by atoms with Gasteiger partial charge in [0.25, 0.3) is 11.8 Å². The third kappa shape index (κ3) is 6.20. The molecule has 2 amide bonds. The molecule has 0 saturated carbocycles. The minimum absolute atomic E-state index is 0.00244. The zero-order valence-electron chi connectivity index (χ0n) is 24.3. The van der Waals surface area contributed by atoms with Crippen LogP contribution in [0.1, 0.15) is 19.5 Å². The Kier molecular flexibility index (Phi) is 9.06. The SMILES string of the molecule is CNCCn1ccc2c1ccc[n+]2CC1=C(C(=O)O)N2C(=O)C(NC(=O)C(=NOC(C)(C)C(=O)O)c3nc(N)sc3Cl)C2SC1. The summed E-state index contributed by atoms with van der Waals surface area (Å²) in [7, 11) is 1.88. The monoisotopic (exact) mass is 677 g/mol. The number of pyridine rings is 1. The van der Waals surface area contributed by atoms with Crippen LogP contribution >= 0.6 is 34.7 Å². The van der Waals surface area contributed by atoms with Gasteiger partial charge in [-0.3, -0.25) is 14.5 Å². The highest BCUT2D eigenvalue weighted by Gasteiger charge is 2.55. The van der Waals surface area contributed by atoms with Gasteiger partial charge in [0.2, 0.25) is 11.1 Å². The molecule has 6 N–H and O–H groups in total. The van der Waals surface area contributed by atoms with Gasteiger partial charge in [0.05, 0.1) is 0 Å². The van der Waals surface area contributed by atoms with Crippen molar-refractivity contribution in [3.8, 4) is 0 Å². The molecular weight excluding hydrogens is 648 g/mol. The highest BCUT2D eigenvalue weighted by atomic mass is 35.5. The van der Waals surface area contributed by atoms with Crippen molar-refractivity contribution >= 4 is 80.3 Å². The second kappa shape index (κ2) is 12.7. The van der Waals surface area contributed by atoms with Gasteiger partial charge in [-0.05, 0) is 27.0 Å². The number of hydrogen-bond donors (Lipinski definition) is 5. The number of nitrogen functional groups attached to an aromatic ring is 1. The minimum atomic E-state index is -1.81. The van der Waals surface area contributed by atoms with Crippen molar-refractivity contribution in [1.29, 1.82) is 0 Å². The van der Waals surface area contributed by atoms with Crippen molar-refractivity contribution in [2.75, 3.05) is 25.1 Å². The van der Waals surface area contributed by atoms with Gasteiger partial charge in [0.15, 0.2) is 23.6 Å². The van der Waals surface area contributed by atoms with Gasteiger partial charge in [-0.1, -0.05) is 28.1 Å². The number of anilines is 1. The first kappa shape index (κ1) is 32.2. The molecule has 2 aliphatic rings. The summed E-state index contributed by atoms with van der Waals surface area (Å²) in [5, 5.41) is 28.3. The first-order valence-corrected chi connectivity index (χ1v) is 15.8. The molecule has 1 saturated heterocycles. The average molecular weight is 678 g/mol. The van der Waals surface area contributed by atoms with E-state index in [-0.39, 0.29) is 33.2 Å². The molecule has 0 spiro atoms. The third-order valence-corrected chi connectivity index (χ3v) is 9.66. The Morgan fingerprint density at radius 1 is 1.31 bits per heavy atom. The van der Waals surface area contributed by atoms with E-state index in [9.17, 15) is 29.4 Å². The fraction of sp³-hybridized carbons (Fsp3) is 0.370. The lowest BCUT2D eigenvalue weighted by atomic mass is 10.0. The van der Waals surface area contributed by atoms with Crippen LogP contribution in [0.25, 0.3) is 11.0 Å². The molecule has 1 fully saturated rings. The molecule has 0 radical (unpaired) electrons. The van der Waals surface area contributed by atoms with E-state index < -0.39 is 46.5 Å². The summed E-state index contributed by atoms with van der Waals surface area (Å²) in [4.78, 5) is 61.1. The number of aliphatic carboxylic acids is 2. The number of halogens is 1. The number of nitrogens with two attached hydrogens (primary N) is 1. The van der Waals surface area contributed by atoms with E-state index in [1.807, 2.05) is 42.2 Å². The van der Waals surface area contributed by atoms with Crippen molar-refractivity contribution in [2.45, 2.75) is 44.0 Å². The average Bonchev–Trinajstić information content (AvgIpc) is 3.56. The van der Waals surface area contributed by atoms with E-state index in [2.05, 4.69) is 25.3 Å². The standard InChI is InChI=1S/C27H29ClN8O7S2/c1-27(2,25(41)42)43-33-17(16-20(28)45-26(29)32-16)21(37)31-18-22(38)36-19(24(39)40)13(12-44-23(18)36)11-35-8-4-5-14-15(35)6-9-34(14)10-7-30-3/h4-6,8-9,18,23,30H,7,10-12H2,1-3H3,(H4-,29,31,32,37,39,40,41,42)/p+1. The molecule has 0 bridgehead atoms. The van der Waals surface area contributed by atoms with Crippen molar-refractivity contribution in [3.63, 3.8) is 0 Å². The molecule has 0 aromatic carbocycles. The molecule has 3 aromatic heterocycles. The van der Waals surface area contributed by atoms with Crippen LogP contribution in [0.2, 0.25) is 4.34 Å². The Labute approximate surface area is 269 Å². The third-order valence-electron chi connectivity index (χ3n) is 7.24. The molecule has 2 atom stereocenters. The van der Waals surface area contributed by atoms with Gasteiger partial charge < -0.3 is 36.0 Å². The predicted octanol–water partition coefficient (Wildman–Crippen LogP) is 0.863. The minimum Gasteiger partial charge on any atom is -0.478 e. The number of likely N-dealkylation sites (N-methyl/N-ethyl adjacent to an activating group) is 1. The number of carboxylic acid groups (broad SMARTS) is 2. The number of carbonyl (C=O) groups excluding carboxylic acids is 2. The highest BCUT2D eigenvalue weighted by Crippen LogP contribution is 2.40. The number of thioether (sulfide) groups is 1. The van der Waals surface area contributed by atoms with Crippen LogP contribution in [-0.4, -0.2) is 90.5 Å². The summed E-state index contributed by atoms with van der Waals surface area (Å²) in [6, 6.07) is 4.74. The van der Waals surface area contributed by atoms with Crippen molar-refractivity contribution < 1.29 is 38.8 Å². The number of oxime groups is 1. The summed E-state index contributed by atoms with van der Waals surface area (Å²) in [6.07, 6.45) is 3.83. The maximum absolute atomic E-state index is 13.4. The Balaban J connectivity index is 1.39. The van der Waals surface area contributed by atoms with Crippen molar-refractivity contribution in [2.24, 2.45) is 5.16 Å². The van der Waals surface area contributed by atoms with E-state index >= 15 is 0 Å². The second-order valence-electron chi connectivity index (χ2n) is 10.7. The number of carbonyl (C=O) groups is 4. The van der Waals surface area contributed by atoms with Crippen LogP contribution in [-0.2, 0) is 37.1 Å². The molecule has 5 rings (SSSR count). The fourth-order valence-electron chi connectivity index (χ4n) is 4.86. The zero-order chi connectivity index (χ0) is 32.6. The van der Waals surface area contributed by atoms with Gasteiger partial charge in [-0.25, -0.2) is 14.6 Å². The molecule has 3 aromatic rings. The molecule has 15 nitrogen and oxygen atoms in total. The van der Waals surface area contributed by atoms with E-state index in [0.29, 0.717) is 5.57 Å². The summed E-state index contributed by atoms with van der Waals surface area (Å²) in [5.41, 5.74) is 5.59. The van der Waals surface area contributed by atoms with Crippen LogP contribution in [0.4, 0.5) is 5.13 Å². The van der Waals surface area contributed by atoms with Gasteiger partial charge in [0.1, 0.15) is 32.7 Å². The number of amides is 2. The van der Waals surface area contributed by atoms with E-state index in [1.54, 1.807) is 0 Å². The Bertz CT molecular complexity index is 1770. The number of fused-ring (bicyclic) bond motifs is 2. The smallest absolute Gasteiger partial charge is 0.352 e. The van der Waals surface area contributed by atoms with Crippen LogP contribution in [0.3, 0.4) is 0 Å². The van der Waals surface area contributed by atoms with Crippen molar-refractivity contribution in [1.82, 2.24) is 25.1 Å². The first-order valence-electron chi connectivity index (χ1n) is 13.6. The quantitative estimate of drug-likeness (QED) is 0.0787. The molecular formula is C27H30ClN8O7S2+. The first-order chi connectivity index (χ1) is 21.3. The lowest BCUT2D eigenvalue weighted by Crippen LogP contribution is -2.71. The van der Waals surface area contributed by atoms with Gasteiger partial charge in [-0.15, -0.1) is 11.8 Å². The fourth-order valence-corrected chi connectivity index (χ4v) is 7.12. The van der Waals surface area contributed by atoms with E-state index in [4.69, 9.17) is 22.2 Å². The van der Waals surface area contributed by atoms with Crippen LogP contribution in [0.15, 0.2) is 47.0 Å². The number of carboxylic acids is 2. The topological polar surface area (TPSA) is 205 Å². The zero-order valence-corrected chi connectivity index (χ0v) is 26.7. The van der Waals surface area contributed by atoms with Gasteiger partial charge >= 0.3 is 11.9 Å². The molecule has 2 aliphatic heterocycles. The molecule has 45 heavy (non-hydrogen) atoms. The highest BCUT2D eigenvalue weighted by molar-refractivity contribution is 8.00. The Morgan fingerprint density at radius 2 is 2.07 bits per heavy atom. The van der Waals surface area contributed by atoms with E-state index in [0.717, 1.165) is 35.5 Å². The number of aromatic nitrogens is 3. The Morgan fingerprint density at radius 3 is 2.71 bits per heavy atom. The lowest BCUT2D eigenvalue weighted by molar-refractivity contribution is -0.663. The number of hydrogen-bond acceptors (Lipinski definition) is 11. The van der Waals surface area contributed by atoms with Crippen LogP contribution < -0.4 is 20.9 Å². The number of β-lactam (4-membered cyclic amide) rings is 1. The predicted molar refractivity (Wildman–Crippen MR) is 167 cm³/mol. The summed E-state index contributed by atoms with van der Waals surface area (Å²) >= 11 is 8.37. The molecule has 238 valence electrons.